The minimum Gasteiger partial charge on any atom is -0.368 e. The van der Waals surface area contributed by atoms with E-state index in [2.05, 4.69) is 68.5 Å². The molecule has 0 aliphatic carbocycles. The molecule has 3 aromatic rings. The predicted molar refractivity (Wildman–Crippen MR) is 155 cm³/mol. The molecule has 2 aromatic carbocycles. The average Bonchev–Trinajstić information content (AvgIpc) is 2.82. The molecular weight excluding hydrogens is 490 g/mol. The molecule has 0 radical (unpaired) electrons. The Morgan fingerprint density at radius 1 is 0.861 bits per heavy atom. The molecule has 0 unspecified atom stereocenters. The van der Waals surface area contributed by atoms with E-state index in [-0.39, 0.29) is 0 Å². The fourth-order valence-electron chi connectivity index (χ4n) is 4.25. The normalized spacial score (nSPS) is 14.1. The largest absolute Gasteiger partial charge is 0.368 e. The number of hydrogen-bond acceptors (Lipinski definition) is 4. The number of aryl methyl sites for hydroxylation is 5. The number of guanidine groups is 1. The van der Waals surface area contributed by atoms with E-state index in [0.717, 1.165) is 59.4 Å². The van der Waals surface area contributed by atoms with Crippen LogP contribution >= 0.6 is 23.8 Å². The second-order valence-electron chi connectivity index (χ2n) is 9.19. The SMILES string of the molecule is Cc1ccc(C)c(NC(=S)/N=C(/Nc2nc(C)cc(C)n2)N2CCN(c3cc(Cl)ccc3C)CC2)c1. The maximum atomic E-state index is 6.27. The molecule has 9 heteroatoms. The Labute approximate surface area is 223 Å². The van der Waals surface area contributed by atoms with Gasteiger partial charge in [0.1, 0.15) is 0 Å². The number of benzene rings is 2. The molecular formula is C27H32ClN7S. The third-order valence-corrected chi connectivity index (χ3v) is 6.57. The topological polar surface area (TPSA) is 68.7 Å². The summed E-state index contributed by atoms with van der Waals surface area (Å²) in [7, 11) is 0. The Bertz CT molecular complexity index is 1280. The van der Waals surface area contributed by atoms with E-state index in [9.17, 15) is 0 Å². The number of hydrogen-bond donors (Lipinski definition) is 2. The molecule has 0 amide bonds. The Balaban J connectivity index is 1.56. The number of nitrogens with one attached hydrogen (secondary N) is 2. The molecule has 1 aromatic heterocycles. The first kappa shape index (κ1) is 25.9. The predicted octanol–water partition coefficient (Wildman–Crippen LogP) is 5.66. The van der Waals surface area contributed by atoms with Crippen LogP contribution in [-0.4, -0.2) is 52.1 Å². The van der Waals surface area contributed by atoms with Gasteiger partial charge in [-0.15, -0.1) is 0 Å². The van der Waals surface area contributed by atoms with Crippen molar-refractivity contribution in [3.63, 3.8) is 0 Å². The second-order valence-corrected chi connectivity index (χ2v) is 10.0. The summed E-state index contributed by atoms with van der Waals surface area (Å²) in [6, 6.07) is 14.2. The van der Waals surface area contributed by atoms with Gasteiger partial charge >= 0.3 is 0 Å². The van der Waals surface area contributed by atoms with Crippen LogP contribution in [0.5, 0.6) is 0 Å². The highest BCUT2D eigenvalue weighted by molar-refractivity contribution is 7.80. The van der Waals surface area contributed by atoms with Crippen molar-refractivity contribution in [2.75, 3.05) is 41.7 Å². The summed E-state index contributed by atoms with van der Waals surface area (Å²) in [6.07, 6.45) is 0. The van der Waals surface area contributed by atoms with Crippen LogP contribution in [0.1, 0.15) is 28.1 Å². The molecule has 188 valence electrons. The van der Waals surface area contributed by atoms with Crippen molar-refractivity contribution >= 4 is 52.2 Å². The molecule has 0 saturated carbocycles. The van der Waals surface area contributed by atoms with Gasteiger partial charge in [-0.1, -0.05) is 29.8 Å². The van der Waals surface area contributed by atoms with Crippen LogP contribution in [0.25, 0.3) is 0 Å². The number of thiocarbonyl (C=S) groups is 1. The fourth-order valence-corrected chi connectivity index (χ4v) is 4.61. The lowest BCUT2D eigenvalue weighted by Crippen LogP contribution is -2.51. The molecule has 2 heterocycles. The molecule has 36 heavy (non-hydrogen) atoms. The number of rotatable bonds is 3. The van der Waals surface area contributed by atoms with Crippen LogP contribution in [0.3, 0.4) is 0 Å². The Morgan fingerprint density at radius 3 is 2.22 bits per heavy atom. The molecule has 0 spiro atoms. The van der Waals surface area contributed by atoms with Crippen LogP contribution in [0.15, 0.2) is 47.5 Å². The molecule has 1 aliphatic heterocycles. The van der Waals surface area contributed by atoms with Crippen LogP contribution in [0, 0.1) is 34.6 Å². The molecule has 0 bridgehead atoms. The molecule has 0 atom stereocenters. The lowest BCUT2D eigenvalue weighted by atomic mass is 10.1. The van der Waals surface area contributed by atoms with Crippen molar-refractivity contribution in [2.45, 2.75) is 34.6 Å². The third kappa shape index (κ3) is 6.50. The summed E-state index contributed by atoms with van der Waals surface area (Å²) < 4.78 is 0. The van der Waals surface area contributed by atoms with Crippen molar-refractivity contribution in [3.8, 4) is 0 Å². The summed E-state index contributed by atoms with van der Waals surface area (Å²) >= 11 is 11.9. The van der Waals surface area contributed by atoms with Gasteiger partial charge < -0.3 is 15.1 Å². The number of aromatic nitrogens is 2. The number of anilines is 3. The maximum absolute atomic E-state index is 6.27. The molecule has 1 saturated heterocycles. The van der Waals surface area contributed by atoms with Gasteiger partial charge in [-0.2, -0.15) is 4.99 Å². The zero-order chi connectivity index (χ0) is 25.8. The van der Waals surface area contributed by atoms with E-state index >= 15 is 0 Å². The van der Waals surface area contributed by atoms with Crippen molar-refractivity contribution in [3.05, 3.63) is 75.6 Å². The van der Waals surface area contributed by atoms with E-state index in [1.807, 2.05) is 39.0 Å². The van der Waals surface area contributed by atoms with Gasteiger partial charge in [0.25, 0.3) is 0 Å². The first-order valence-electron chi connectivity index (χ1n) is 12.0. The number of aliphatic imine (C=N–C) groups is 1. The van der Waals surface area contributed by atoms with Crippen molar-refractivity contribution in [2.24, 2.45) is 4.99 Å². The van der Waals surface area contributed by atoms with Gasteiger partial charge in [-0.25, -0.2) is 9.97 Å². The summed E-state index contributed by atoms with van der Waals surface area (Å²) in [5.41, 5.74) is 7.37. The molecule has 7 nitrogen and oxygen atoms in total. The summed E-state index contributed by atoms with van der Waals surface area (Å²) in [6.45, 7) is 13.3. The third-order valence-electron chi connectivity index (χ3n) is 6.14. The van der Waals surface area contributed by atoms with E-state index in [1.165, 1.54) is 11.3 Å². The highest BCUT2D eigenvalue weighted by atomic mass is 35.5. The molecule has 2 N–H and O–H groups in total. The van der Waals surface area contributed by atoms with E-state index in [4.69, 9.17) is 28.8 Å². The van der Waals surface area contributed by atoms with E-state index < -0.39 is 0 Å². The monoisotopic (exact) mass is 521 g/mol. The fraction of sp³-hybridized carbons (Fsp3) is 0.333. The Hall–Kier alpha value is -3.23. The summed E-state index contributed by atoms with van der Waals surface area (Å²) in [5, 5.41) is 7.75. The van der Waals surface area contributed by atoms with Crippen LogP contribution < -0.4 is 15.5 Å². The zero-order valence-corrected chi connectivity index (χ0v) is 23.0. The van der Waals surface area contributed by atoms with Crippen LogP contribution in [-0.2, 0) is 0 Å². The highest BCUT2D eigenvalue weighted by Gasteiger charge is 2.22. The number of halogens is 1. The van der Waals surface area contributed by atoms with Gasteiger partial charge in [0.05, 0.1) is 0 Å². The average molecular weight is 522 g/mol. The number of piperazine rings is 1. The summed E-state index contributed by atoms with van der Waals surface area (Å²) in [5.74, 6) is 1.14. The minimum atomic E-state index is 0.378. The maximum Gasteiger partial charge on any atom is 0.229 e. The molecule has 1 aliphatic rings. The number of nitrogens with zero attached hydrogens (tertiary/aromatic N) is 5. The summed E-state index contributed by atoms with van der Waals surface area (Å²) in [4.78, 5) is 18.4. The minimum absolute atomic E-state index is 0.378. The lowest BCUT2D eigenvalue weighted by molar-refractivity contribution is 0.385. The van der Waals surface area contributed by atoms with E-state index in [0.29, 0.717) is 17.0 Å². The molecule has 4 rings (SSSR count). The van der Waals surface area contributed by atoms with Crippen molar-refractivity contribution in [1.29, 1.82) is 0 Å². The van der Waals surface area contributed by atoms with Gasteiger partial charge in [0, 0.05) is 54.0 Å². The Kier molecular flexibility index (Phi) is 8.06. The van der Waals surface area contributed by atoms with Crippen molar-refractivity contribution in [1.82, 2.24) is 14.9 Å². The standard InChI is InChI=1S/C27H32ClN7S/c1-17-6-7-18(2)23(14-17)31-27(36)33-26(32-25-29-20(4)15-21(5)30-25)35-12-10-34(11-13-35)24-16-22(28)9-8-19(24)3/h6-9,14-16H,10-13H2,1-5H3,(H2,29,30,31,32,33,36). The Morgan fingerprint density at radius 2 is 1.53 bits per heavy atom. The first-order valence-corrected chi connectivity index (χ1v) is 12.8. The highest BCUT2D eigenvalue weighted by Crippen LogP contribution is 2.25. The van der Waals surface area contributed by atoms with Gasteiger partial charge in [-0.05, 0) is 87.8 Å². The zero-order valence-electron chi connectivity index (χ0n) is 21.4. The van der Waals surface area contributed by atoms with Crippen molar-refractivity contribution < 1.29 is 0 Å². The smallest absolute Gasteiger partial charge is 0.229 e. The van der Waals surface area contributed by atoms with Crippen LogP contribution in [0.2, 0.25) is 5.02 Å². The second kappa shape index (κ2) is 11.2. The van der Waals surface area contributed by atoms with Gasteiger partial charge in [0.15, 0.2) is 0 Å². The van der Waals surface area contributed by atoms with E-state index in [1.54, 1.807) is 0 Å². The lowest BCUT2D eigenvalue weighted by Gasteiger charge is -2.38. The molecule has 1 fully saturated rings. The quantitative estimate of drug-likeness (QED) is 0.262. The first-order chi connectivity index (χ1) is 17.2. The van der Waals surface area contributed by atoms with Crippen LogP contribution in [0.4, 0.5) is 17.3 Å². The van der Waals surface area contributed by atoms with Gasteiger partial charge in [0.2, 0.25) is 17.0 Å². The van der Waals surface area contributed by atoms with Gasteiger partial charge in [-0.3, -0.25) is 5.32 Å².